The van der Waals surface area contributed by atoms with Crippen molar-refractivity contribution in [3.8, 4) is 0 Å². The van der Waals surface area contributed by atoms with Gasteiger partial charge in [0.2, 0.25) is 0 Å². The fourth-order valence-corrected chi connectivity index (χ4v) is 1.88. The molecule has 18 heavy (non-hydrogen) atoms. The van der Waals surface area contributed by atoms with E-state index in [4.69, 9.17) is 9.47 Å². The summed E-state index contributed by atoms with van der Waals surface area (Å²) in [7, 11) is 1.54. The van der Waals surface area contributed by atoms with Gasteiger partial charge in [0.15, 0.2) is 0 Å². The number of amides is 2. The predicted octanol–water partition coefficient (Wildman–Crippen LogP) is -0.0457. The standard InChI is InChI=1S/C11H20N2O5/c1-8(7-17-2)12-10(16)13-11(9(14)15)3-5-18-6-4-11/h8H,3-7H2,1-2H3,(H,14,15)(H2,12,13,16). The van der Waals surface area contributed by atoms with Crippen molar-refractivity contribution in [3.05, 3.63) is 0 Å². The van der Waals surface area contributed by atoms with Crippen LogP contribution in [-0.4, -0.2) is 55.6 Å². The molecule has 7 heteroatoms. The molecule has 1 atom stereocenters. The number of carbonyl (C=O) groups excluding carboxylic acids is 1. The third-order valence-corrected chi connectivity index (χ3v) is 2.90. The number of rotatable bonds is 5. The van der Waals surface area contributed by atoms with Crippen molar-refractivity contribution in [2.24, 2.45) is 0 Å². The van der Waals surface area contributed by atoms with Crippen molar-refractivity contribution in [1.29, 1.82) is 0 Å². The highest BCUT2D eigenvalue weighted by molar-refractivity contribution is 5.86. The van der Waals surface area contributed by atoms with Crippen molar-refractivity contribution in [1.82, 2.24) is 10.6 Å². The second-order valence-electron chi connectivity index (χ2n) is 4.45. The van der Waals surface area contributed by atoms with Gasteiger partial charge in [0, 0.05) is 33.2 Å². The zero-order valence-corrected chi connectivity index (χ0v) is 10.7. The number of carbonyl (C=O) groups is 2. The maximum absolute atomic E-state index is 11.7. The number of ether oxygens (including phenoxy) is 2. The molecule has 0 aliphatic carbocycles. The van der Waals surface area contributed by atoms with E-state index in [2.05, 4.69) is 10.6 Å². The van der Waals surface area contributed by atoms with E-state index in [9.17, 15) is 14.7 Å². The highest BCUT2D eigenvalue weighted by Crippen LogP contribution is 2.20. The molecule has 0 radical (unpaired) electrons. The van der Waals surface area contributed by atoms with E-state index in [0.29, 0.717) is 19.8 Å². The largest absolute Gasteiger partial charge is 0.480 e. The summed E-state index contributed by atoms with van der Waals surface area (Å²) in [5.41, 5.74) is -1.23. The fourth-order valence-electron chi connectivity index (χ4n) is 1.88. The van der Waals surface area contributed by atoms with Gasteiger partial charge in [-0.1, -0.05) is 0 Å². The van der Waals surface area contributed by atoms with Crippen molar-refractivity contribution < 1.29 is 24.2 Å². The van der Waals surface area contributed by atoms with E-state index >= 15 is 0 Å². The number of nitrogens with one attached hydrogen (secondary N) is 2. The molecule has 1 heterocycles. The Morgan fingerprint density at radius 1 is 1.44 bits per heavy atom. The van der Waals surface area contributed by atoms with E-state index in [1.165, 1.54) is 7.11 Å². The molecule has 1 unspecified atom stereocenters. The van der Waals surface area contributed by atoms with E-state index in [1.54, 1.807) is 6.92 Å². The lowest BCUT2D eigenvalue weighted by Gasteiger charge is -2.34. The normalized spacial score (nSPS) is 19.9. The monoisotopic (exact) mass is 260 g/mol. The molecule has 1 aliphatic rings. The maximum atomic E-state index is 11.7. The number of carboxylic acids is 1. The van der Waals surface area contributed by atoms with Crippen LogP contribution in [0.15, 0.2) is 0 Å². The Hall–Kier alpha value is -1.34. The SMILES string of the molecule is COCC(C)NC(=O)NC1(C(=O)O)CCOCC1. The number of hydrogen-bond acceptors (Lipinski definition) is 4. The van der Waals surface area contributed by atoms with E-state index < -0.39 is 17.5 Å². The summed E-state index contributed by atoms with van der Waals surface area (Å²) in [4.78, 5) is 23.0. The molecular formula is C11H20N2O5. The number of hydrogen-bond donors (Lipinski definition) is 3. The smallest absolute Gasteiger partial charge is 0.329 e. The highest BCUT2D eigenvalue weighted by atomic mass is 16.5. The summed E-state index contributed by atoms with van der Waals surface area (Å²) >= 11 is 0. The number of aliphatic carboxylic acids is 1. The van der Waals surface area contributed by atoms with Crippen molar-refractivity contribution in [2.45, 2.75) is 31.3 Å². The third-order valence-electron chi connectivity index (χ3n) is 2.90. The van der Waals surface area contributed by atoms with Gasteiger partial charge in [0.1, 0.15) is 5.54 Å². The van der Waals surface area contributed by atoms with Crippen LogP contribution < -0.4 is 10.6 Å². The van der Waals surface area contributed by atoms with Gasteiger partial charge in [-0.3, -0.25) is 0 Å². The quantitative estimate of drug-likeness (QED) is 0.644. The Labute approximate surface area is 106 Å². The average Bonchev–Trinajstić information content (AvgIpc) is 2.29. The van der Waals surface area contributed by atoms with Crippen LogP contribution in [0.4, 0.5) is 4.79 Å². The zero-order chi connectivity index (χ0) is 13.6. The molecule has 0 bridgehead atoms. The molecule has 7 nitrogen and oxygen atoms in total. The fraction of sp³-hybridized carbons (Fsp3) is 0.818. The zero-order valence-electron chi connectivity index (χ0n) is 10.7. The van der Waals surface area contributed by atoms with Gasteiger partial charge in [-0.25, -0.2) is 9.59 Å². The van der Waals surface area contributed by atoms with E-state index in [1.807, 2.05) is 0 Å². The molecule has 3 N–H and O–H groups in total. The van der Waals surface area contributed by atoms with Crippen LogP contribution in [0.5, 0.6) is 0 Å². The van der Waals surface area contributed by atoms with Gasteiger partial charge >= 0.3 is 12.0 Å². The minimum Gasteiger partial charge on any atom is -0.480 e. The van der Waals surface area contributed by atoms with Gasteiger partial charge < -0.3 is 25.2 Å². The summed E-state index contributed by atoms with van der Waals surface area (Å²) in [6.07, 6.45) is 0.544. The second-order valence-corrected chi connectivity index (χ2v) is 4.45. The van der Waals surface area contributed by atoms with Crippen LogP contribution in [0.1, 0.15) is 19.8 Å². The molecule has 1 saturated heterocycles. The first-order chi connectivity index (χ1) is 8.50. The average molecular weight is 260 g/mol. The van der Waals surface area contributed by atoms with Crippen LogP contribution in [0, 0.1) is 0 Å². The van der Waals surface area contributed by atoms with Gasteiger partial charge in [-0.15, -0.1) is 0 Å². The first-order valence-corrected chi connectivity index (χ1v) is 5.89. The van der Waals surface area contributed by atoms with Crippen molar-refractivity contribution in [3.63, 3.8) is 0 Å². The summed E-state index contributed by atoms with van der Waals surface area (Å²) in [5, 5.41) is 14.4. The molecular weight excluding hydrogens is 240 g/mol. The second kappa shape index (κ2) is 6.55. The molecule has 0 saturated carbocycles. The number of carboxylic acid groups (broad SMARTS) is 1. The summed E-state index contributed by atoms with van der Waals surface area (Å²) in [6, 6.07) is -0.676. The first kappa shape index (κ1) is 14.7. The molecule has 0 aromatic carbocycles. The van der Waals surface area contributed by atoms with Crippen molar-refractivity contribution in [2.75, 3.05) is 26.9 Å². The van der Waals surface area contributed by atoms with Gasteiger partial charge in [-0.05, 0) is 6.92 Å². The molecule has 104 valence electrons. The molecule has 1 fully saturated rings. The lowest BCUT2D eigenvalue weighted by molar-refractivity contribution is -0.148. The molecule has 2 amide bonds. The predicted molar refractivity (Wildman–Crippen MR) is 63.4 cm³/mol. The summed E-state index contributed by atoms with van der Waals surface area (Å²) in [6.45, 7) is 2.82. The number of methoxy groups -OCH3 is 1. The third kappa shape index (κ3) is 3.85. The van der Waals surface area contributed by atoms with Gasteiger partial charge in [0.05, 0.1) is 12.6 Å². The van der Waals surface area contributed by atoms with E-state index in [-0.39, 0.29) is 18.9 Å². The number of urea groups is 1. The minimum absolute atomic E-state index is 0.180. The van der Waals surface area contributed by atoms with Gasteiger partial charge in [0.25, 0.3) is 0 Å². The summed E-state index contributed by atoms with van der Waals surface area (Å²) < 4.78 is 10.0. The van der Waals surface area contributed by atoms with Crippen LogP contribution in [0.25, 0.3) is 0 Å². The molecule has 0 aromatic heterocycles. The van der Waals surface area contributed by atoms with Crippen LogP contribution in [0.2, 0.25) is 0 Å². The Balaban J connectivity index is 2.55. The lowest BCUT2D eigenvalue weighted by Crippen LogP contribution is -2.60. The topological polar surface area (TPSA) is 96.9 Å². The lowest BCUT2D eigenvalue weighted by atomic mass is 9.90. The van der Waals surface area contributed by atoms with Crippen LogP contribution >= 0.6 is 0 Å². The van der Waals surface area contributed by atoms with E-state index in [0.717, 1.165) is 0 Å². The molecule has 0 spiro atoms. The minimum atomic E-state index is -1.23. The molecule has 1 rings (SSSR count). The Morgan fingerprint density at radius 2 is 2.06 bits per heavy atom. The van der Waals surface area contributed by atoms with Gasteiger partial charge in [-0.2, -0.15) is 0 Å². The van der Waals surface area contributed by atoms with Crippen LogP contribution in [-0.2, 0) is 14.3 Å². The Bertz CT molecular complexity index is 302. The Kier molecular flexibility index (Phi) is 5.36. The van der Waals surface area contributed by atoms with Crippen LogP contribution in [0.3, 0.4) is 0 Å². The maximum Gasteiger partial charge on any atom is 0.329 e. The van der Waals surface area contributed by atoms with Crippen molar-refractivity contribution >= 4 is 12.0 Å². The Morgan fingerprint density at radius 3 is 2.56 bits per heavy atom. The molecule has 0 aromatic rings. The summed E-state index contributed by atoms with van der Waals surface area (Å²) in [5.74, 6) is -1.03. The molecule has 1 aliphatic heterocycles. The first-order valence-electron chi connectivity index (χ1n) is 5.89. The highest BCUT2D eigenvalue weighted by Gasteiger charge is 2.41.